The summed E-state index contributed by atoms with van der Waals surface area (Å²) in [6.07, 6.45) is 5.49. The maximum Gasteiger partial charge on any atom is 0.311 e. The number of fused-ring (bicyclic) bond motifs is 5. The van der Waals surface area contributed by atoms with E-state index in [0.717, 1.165) is 24.8 Å². The number of ketones is 2. The van der Waals surface area contributed by atoms with E-state index in [0.29, 0.717) is 25.7 Å². The molecule has 0 heterocycles. The monoisotopic (exact) mass is 446 g/mol. The van der Waals surface area contributed by atoms with Crippen LogP contribution in [0.15, 0.2) is 11.6 Å². The maximum absolute atomic E-state index is 13.2. The van der Waals surface area contributed by atoms with Crippen LogP contribution < -0.4 is 0 Å². The van der Waals surface area contributed by atoms with Crippen LogP contribution in [-0.2, 0) is 19.1 Å². The van der Waals surface area contributed by atoms with Gasteiger partial charge in [-0.3, -0.25) is 14.4 Å². The van der Waals surface area contributed by atoms with Gasteiger partial charge < -0.3 is 14.9 Å². The fraction of sp³-hybridized carbons (Fsp3) is 0.808. The Bertz CT molecular complexity index is 868. The predicted octanol–water partition coefficient (Wildman–Crippen LogP) is 3.38. The summed E-state index contributed by atoms with van der Waals surface area (Å²) in [4.78, 5) is 37.4. The molecular formula is C26H38O6. The lowest BCUT2D eigenvalue weighted by Gasteiger charge is -2.60. The van der Waals surface area contributed by atoms with Crippen molar-refractivity contribution in [2.45, 2.75) is 91.3 Å². The summed E-state index contributed by atoms with van der Waals surface area (Å²) in [5.41, 5.74) is -2.13. The van der Waals surface area contributed by atoms with Crippen LogP contribution in [0.25, 0.3) is 0 Å². The molecule has 0 radical (unpaired) electrons. The largest absolute Gasteiger partial charge is 0.457 e. The van der Waals surface area contributed by atoms with Gasteiger partial charge in [-0.1, -0.05) is 19.4 Å². The van der Waals surface area contributed by atoms with E-state index in [1.807, 2.05) is 6.92 Å². The minimum Gasteiger partial charge on any atom is -0.457 e. The molecule has 178 valence electrons. The molecule has 32 heavy (non-hydrogen) atoms. The Kier molecular flexibility index (Phi) is 5.53. The molecule has 0 aromatic heterocycles. The normalized spacial score (nSPS) is 43.6. The molecule has 7 atom stereocenters. The Morgan fingerprint density at radius 1 is 1.16 bits per heavy atom. The number of carbonyl (C=O) groups is 3. The molecule has 4 aliphatic rings. The Hall–Kier alpha value is -1.53. The van der Waals surface area contributed by atoms with Crippen molar-refractivity contribution in [3.63, 3.8) is 0 Å². The highest BCUT2D eigenvalue weighted by atomic mass is 16.5. The standard InChI is InChI=1S/C26H38O6/c1-23(2,3)22(30)32-14-20(29)26(31)11-9-18-17-7-6-15-12-16(27)8-10-24(15,4)21(17)19(28)13-25(18,26)5/h12,17-19,21,28,31H,6-11,13-14H2,1-5H3/t17-,18-,19-,21+,24-,25-,26-/m0/s1. The van der Waals surface area contributed by atoms with Crippen LogP contribution in [-0.4, -0.2) is 46.1 Å². The highest BCUT2D eigenvalue weighted by molar-refractivity contribution is 5.92. The molecule has 0 saturated heterocycles. The first-order valence-electron chi connectivity index (χ1n) is 12.1. The van der Waals surface area contributed by atoms with Crippen molar-refractivity contribution in [2.75, 3.05) is 6.61 Å². The quantitative estimate of drug-likeness (QED) is 0.645. The van der Waals surface area contributed by atoms with Crippen LogP contribution in [0.3, 0.4) is 0 Å². The first-order valence-corrected chi connectivity index (χ1v) is 12.1. The summed E-state index contributed by atoms with van der Waals surface area (Å²) in [5.74, 6) is -0.417. The van der Waals surface area contributed by atoms with Gasteiger partial charge in [0.05, 0.1) is 11.5 Å². The van der Waals surface area contributed by atoms with E-state index >= 15 is 0 Å². The zero-order valence-electron chi connectivity index (χ0n) is 20.1. The highest BCUT2D eigenvalue weighted by Gasteiger charge is 2.68. The molecular weight excluding hydrogens is 408 g/mol. The average Bonchev–Trinajstić information content (AvgIpc) is 2.97. The molecule has 0 amide bonds. The molecule has 4 rings (SSSR count). The number of allylic oxidation sites excluding steroid dienone is 1. The molecule has 0 aromatic carbocycles. The topological polar surface area (TPSA) is 101 Å². The third kappa shape index (κ3) is 3.32. The Balaban J connectivity index is 1.59. The number of aliphatic hydroxyl groups excluding tert-OH is 1. The van der Waals surface area contributed by atoms with Crippen molar-refractivity contribution < 1.29 is 29.3 Å². The lowest BCUT2D eigenvalue weighted by atomic mass is 9.45. The van der Waals surface area contributed by atoms with Crippen molar-refractivity contribution in [3.05, 3.63) is 11.6 Å². The zero-order valence-corrected chi connectivity index (χ0v) is 20.1. The summed E-state index contributed by atoms with van der Waals surface area (Å²) in [6, 6.07) is 0. The van der Waals surface area contributed by atoms with Crippen LogP contribution in [0.2, 0.25) is 0 Å². The SMILES string of the molecule is CC(C)(C)C(=O)OCC(=O)[C@@]1(O)CC[C@H]2[C@@H]3CCC4=CC(=O)CC[C@]4(C)[C@H]3[C@@H](O)C[C@@]21C. The molecule has 0 aromatic rings. The summed E-state index contributed by atoms with van der Waals surface area (Å²) < 4.78 is 5.25. The fourth-order valence-electron chi connectivity index (χ4n) is 7.62. The second-order valence-electron chi connectivity index (χ2n) is 12.2. The van der Waals surface area contributed by atoms with Gasteiger partial charge in [-0.25, -0.2) is 0 Å². The summed E-state index contributed by atoms with van der Waals surface area (Å²) >= 11 is 0. The number of esters is 1. The number of rotatable bonds is 3. The second-order valence-corrected chi connectivity index (χ2v) is 12.2. The van der Waals surface area contributed by atoms with Gasteiger partial charge in [-0.15, -0.1) is 0 Å². The van der Waals surface area contributed by atoms with E-state index in [9.17, 15) is 24.6 Å². The van der Waals surface area contributed by atoms with E-state index in [1.54, 1.807) is 26.8 Å². The van der Waals surface area contributed by atoms with Gasteiger partial charge in [-0.05, 0) is 88.5 Å². The predicted molar refractivity (Wildman–Crippen MR) is 118 cm³/mol. The Labute approximate surface area is 190 Å². The van der Waals surface area contributed by atoms with Crippen molar-refractivity contribution in [1.82, 2.24) is 0 Å². The van der Waals surface area contributed by atoms with E-state index in [4.69, 9.17) is 4.74 Å². The van der Waals surface area contributed by atoms with Gasteiger partial charge in [0.2, 0.25) is 5.78 Å². The molecule has 6 heteroatoms. The van der Waals surface area contributed by atoms with E-state index in [-0.39, 0.29) is 29.0 Å². The molecule has 0 spiro atoms. The number of hydrogen-bond donors (Lipinski definition) is 2. The summed E-state index contributed by atoms with van der Waals surface area (Å²) in [7, 11) is 0. The van der Waals surface area contributed by atoms with Crippen LogP contribution >= 0.6 is 0 Å². The number of carbonyl (C=O) groups excluding carboxylic acids is 3. The second kappa shape index (κ2) is 7.49. The minimum absolute atomic E-state index is 0.0323. The van der Waals surface area contributed by atoms with Gasteiger partial charge in [-0.2, -0.15) is 0 Å². The molecule has 0 unspecified atom stereocenters. The van der Waals surface area contributed by atoms with Crippen LogP contribution in [0, 0.1) is 34.0 Å². The highest BCUT2D eigenvalue weighted by Crippen LogP contribution is 2.67. The van der Waals surface area contributed by atoms with Crippen LogP contribution in [0.5, 0.6) is 0 Å². The fourth-order valence-corrected chi connectivity index (χ4v) is 7.62. The smallest absolute Gasteiger partial charge is 0.311 e. The summed E-state index contributed by atoms with van der Waals surface area (Å²) in [6.45, 7) is 8.86. The third-order valence-corrected chi connectivity index (χ3v) is 9.46. The average molecular weight is 447 g/mol. The van der Waals surface area contributed by atoms with E-state index < -0.39 is 40.9 Å². The number of hydrogen-bond acceptors (Lipinski definition) is 6. The number of ether oxygens (including phenoxy) is 1. The van der Waals surface area contributed by atoms with E-state index in [2.05, 4.69) is 6.92 Å². The van der Waals surface area contributed by atoms with Crippen molar-refractivity contribution in [1.29, 1.82) is 0 Å². The lowest BCUT2D eigenvalue weighted by Crippen LogP contribution is -2.62. The third-order valence-electron chi connectivity index (χ3n) is 9.46. The van der Waals surface area contributed by atoms with Crippen LogP contribution in [0.4, 0.5) is 0 Å². The molecule has 0 aliphatic heterocycles. The Morgan fingerprint density at radius 2 is 1.84 bits per heavy atom. The minimum atomic E-state index is -1.61. The zero-order chi connectivity index (χ0) is 23.7. The van der Waals surface area contributed by atoms with Crippen LogP contribution in [0.1, 0.15) is 79.6 Å². The van der Waals surface area contributed by atoms with Crippen molar-refractivity contribution in [3.8, 4) is 0 Å². The lowest BCUT2D eigenvalue weighted by molar-refractivity contribution is -0.185. The molecule has 2 N–H and O–H groups in total. The van der Waals surface area contributed by atoms with Gasteiger partial charge in [0.15, 0.2) is 12.4 Å². The first kappa shape index (κ1) is 23.6. The first-order chi connectivity index (χ1) is 14.7. The number of Topliss-reactive ketones (excluding diaryl/α,β-unsaturated/α-hetero) is 1. The van der Waals surface area contributed by atoms with Gasteiger partial charge in [0, 0.05) is 11.8 Å². The van der Waals surface area contributed by atoms with Gasteiger partial charge >= 0.3 is 5.97 Å². The van der Waals surface area contributed by atoms with E-state index in [1.165, 1.54) is 0 Å². The molecule has 3 saturated carbocycles. The maximum atomic E-state index is 13.2. The van der Waals surface area contributed by atoms with Crippen molar-refractivity contribution >= 4 is 17.5 Å². The Morgan fingerprint density at radius 3 is 2.50 bits per heavy atom. The molecule has 4 aliphatic carbocycles. The molecule has 3 fully saturated rings. The molecule has 0 bridgehead atoms. The van der Waals surface area contributed by atoms with Gasteiger partial charge in [0.25, 0.3) is 0 Å². The molecule has 6 nitrogen and oxygen atoms in total. The van der Waals surface area contributed by atoms with Gasteiger partial charge in [0.1, 0.15) is 5.60 Å². The summed E-state index contributed by atoms with van der Waals surface area (Å²) in [5, 5.41) is 23.1. The van der Waals surface area contributed by atoms with Crippen molar-refractivity contribution in [2.24, 2.45) is 34.0 Å². The number of aliphatic hydroxyl groups is 2.